The molecule has 0 aliphatic heterocycles. The van der Waals surface area contributed by atoms with Crippen LogP contribution in [0.2, 0.25) is 0 Å². The van der Waals surface area contributed by atoms with E-state index in [1.807, 2.05) is 0 Å². The molecule has 0 amide bonds. The summed E-state index contributed by atoms with van der Waals surface area (Å²) < 4.78 is 0. The van der Waals surface area contributed by atoms with Crippen molar-refractivity contribution in [3.8, 4) is 0 Å². The second kappa shape index (κ2) is 53.7. The van der Waals surface area contributed by atoms with Crippen LogP contribution in [0, 0.1) is 0 Å². The van der Waals surface area contributed by atoms with E-state index in [1.165, 1.54) is 0 Å². The van der Waals surface area contributed by atoms with Gasteiger partial charge >= 0.3 is 22.4 Å². The van der Waals surface area contributed by atoms with Crippen LogP contribution >= 0.6 is 0 Å². The smallest absolute Gasteiger partial charge is 0.669 e. The Morgan fingerprint density at radius 3 is 0.188 bits per heavy atom. The van der Waals surface area contributed by atoms with Crippen LogP contribution in [0.1, 0.15) is 277 Å². The summed E-state index contributed by atoms with van der Waals surface area (Å²) in [5.41, 5.74) is 41.7. The molecular formula is C80H185N20Ta. The first-order valence-corrected chi connectivity index (χ1v) is 41.6. The molecule has 0 spiro atoms. The molecule has 0 saturated heterocycles. The van der Waals surface area contributed by atoms with Gasteiger partial charge in [0.05, 0.1) is 0 Å². The number of hydrogen-bond donors (Lipinski definition) is 0. The predicted octanol–water partition coefficient (Wildman–Crippen LogP) is 17.5. The van der Waals surface area contributed by atoms with E-state index in [9.17, 15) is 0 Å². The molecule has 101 heavy (non-hydrogen) atoms. The van der Waals surface area contributed by atoms with Gasteiger partial charge in [-0.2, -0.15) is 0 Å². The molecule has 0 fully saturated rings. The maximum Gasteiger partial charge on any atom is 5.00 e. The van der Waals surface area contributed by atoms with Gasteiger partial charge in [0, 0.05) is 0 Å². The Kier molecular flexibility index (Phi) is 59.5. The molecule has 0 atom stereocenters. The standard InChI is InChI=1S/5C16H37N4.Ta/c5*1-9-18(10-2)16(15(7,8)17,19(11-3)12-4)20(13-5)14-6;/h5*17H,9-14H2,1-8H3;/q5*-1;+5. The molecule has 5 N–H and O–H groups in total. The molecule has 0 heterocycles. The van der Waals surface area contributed by atoms with Crippen molar-refractivity contribution in [2.24, 2.45) is 0 Å². The maximum atomic E-state index is 8.92. The van der Waals surface area contributed by atoms with Gasteiger partial charge in [-0.25, -0.2) is 0 Å². The number of hydrogen-bond acceptors (Lipinski definition) is 15. The van der Waals surface area contributed by atoms with Gasteiger partial charge in [-0.15, -0.1) is 0 Å². The molecule has 0 unspecified atom stereocenters. The molecule has 0 bridgehead atoms. The first-order valence-electron chi connectivity index (χ1n) is 41.6. The van der Waals surface area contributed by atoms with Crippen molar-refractivity contribution in [1.82, 2.24) is 73.5 Å². The number of rotatable bonds is 50. The van der Waals surface area contributed by atoms with Crippen LogP contribution < -0.4 is 0 Å². The number of nitrogens with zero attached hydrogens (tertiary/aromatic N) is 15. The fourth-order valence-electron chi connectivity index (χ4n) is 18.9. The van der Waals surface area contributed by atoms with Gasteiger partial charge < -0.3 is 28.7 Å². The molecule has 21 heteroatoms. The van der Waals surface area contributed by atoms with Crippen molar-refractivity contribution in [1.29, 1.82) is 0 Å². The fourth-order valence-corrected chi connectivity index (χ4v) is 18.9. The predicted molar refractivity (Wildman–Crippen MR) is 449 cm³/mol. The Bertz CT molecular complexity index is 1400. The van der Waals surface area contributed by atoms with Gasteiger partial charge in [0.15, 0.2) is 0 Å². The van der Waals surface area contributed by atoms with E-state index in [1.54, 1.807) is 0 Å². The van der Waals surface area contributed by atoms with Crippen LogP contribution in [0.5, 0.6) is 0 Å². The van der Waals surface area contributed by atoms with Gasteiger partial charge in [-0.1, -0.05) is 305 Å². The Morgan fingerprint density at radius 1 is 0.129 bits per heavy atom. The van der Waals surface area contributed by atoms with E-state index >= 15 is 0 Å². The van der Waals surface area contributed by atoms with Crippen LogP contribution in [0.25, 0.3) is 28.7 Å². The monoisotopic (exact) mass is 1610 g/mol. The Balaban J connectivity index is -0.000000279. The summed E-state index contributed by atoms with van der Waals surface area (Å²) in [6.45, 7) is 116. The van der Waals surface area contributed by atoms with Crippen molar-refractivity contribution >= 4 is 0 Å². The average Bonchev–Trinajstić information content (AvgIpc) is 0.783. The number of nitrogens with one attached hydrogen (secondary N) is 5. The SMILES string of the molecule is CCN(CC)C(N(CC)CC)(N(CC)CC)C(C)(C)[NH-].CCN(CC)C(N(CC)CC)(N(CC)CC)C(C)(C)[NH-].CCN(CC)C(N(CC)CC)(N(CC)CC)C(C)(C)[NH-].CCN(CC)C(N(CC)CC)(N(CC)CC)C(C)(C)[NH-].CCN(CC)C(N(CC)CC)(N(CC)CC)C(C)(C)[NH-].[Ta+5]. The van der Waals surface area contributed by atoms with Gasteiger partial charge in [-0.05, 0) is 196 Å². The molecular weight excluding hydrogens is 1420 g/mol. The second-order valence-electron chi connectivity index (χ2n) is 28.9. The van der Waals surface area contributed by atoms with Crippen molar-refractivity contribution in [2.45, 2.75) is 334 Å². The Morgan fingerprint density at radius 2 is 0.168 bits per heavy atom. The summed E-state index contributed by atoms with van der Waals surface area (Å²) >= 11 is 0. The summed E-state index contributed by atoms with van der Waals surface area (Å²) in [6, 6.07) is 0. The summed E-state index contributed by atoms with van der Waals surface area (Å²) in [7, 11) is 0. The second-order valence-corrected chi connectivity index (χ2v) is 28.9. The minimum absolute atomic E-state index is 0. The van der Waals surface area contributed by atoms with Crippen LogP contribution in [0.4, 0.5) is 0 Å². The molecule has 0 aromatic carbocycles. The minimum Gasteiger partial charge on any atom is -0.669 e. The fraction of sp³-hybridized carbons (Fsp3) is 1.00. The average molecular weight is 1610 g/mol. The van der Waals surface area contributed by atoms with Gasteiger partial charge in [0.25, 0.3) is 0 Å². The van der Waals surface area contributed by atoms with E-state index < -0.39 is 27.7 Å². The van der Waals surface area contributed by atoms with Crippen molar-refractivity contribution in [3.63, 3.8) is 0 Å². The normalized spacial score (nSPS) is 13.7. The van der Waals surface area contributed by atoms with Crippen LogP contribution in [-0.2, 0) is 22.4 Å². The summed E-state index contributed by atoms with van der Waals surface area (Å²) in [6.07, 6.45) is 0. The maximum absolute atomic E-state index is 8.92. The Labute approximate surface area is 650 Å². The summed E-state index contributed by atoms with van der Waals surface area (Å²) in [5.74, 6) is -1.72. The summed E-state index contributed by atoms with van der Waals surface area (Å²) in [5, 5.41) is 0. The van der Waals surface area contributed by atoms with Crippen LogP contribution in [0.15, 0.2) is 0 Å². The van der Waals surface area contributed by atoms with E-state index in [0.29, 0.717) is 0 Å². The van der Waals surface area contributed by atoms with E-state index in [2.05, 4.69) is 350 Å². The molecule has 610 valence electrons. The molecule has 0 aliphatic rings. The van der Waals surface area contributed by atoms with Gasteiger partial charge in [-0.3, -0.25) is 73.5 Å². The minimum atomic E-state index is -0.586. The molecule has 0 rings (SSSR count). The zero-order valence-corrected chi connectivity index (χ0v) is 79.1. The largest absolute Gasteiger partial charge is 5.00 e. The van der Waals surface area contributed by atoms with Crippen molar-refractivity contribution in [2.75, 3.05) is 196 Å². The first kappa shape index (κ1) is 112. The van der Waals surface area contributed by atoms with Crippen LogP contribution in [-0.4, -0.2) is 326 Å². The third kappa shape index (κ3) is 25.2. The summed E-state index contributed by atoms with van der Waals surface area (Å²) in [4.78, 5) is 36.9. The van der Waals surface area contributed by atoms with E-state index in [0.717, 1.165) is 196 Å². The van der Waals surface area contributed by atoms with Crippen molar-refractivity contribution in [3.05, 3.63) is 28.7 Å². The van der Waals surface area contributed by atoms with E-state index in [4.69, 9.17) is 28.7 Å². The molecule has 0 aliphatic carbocycles. The zero-order valence-electron chi connectivity index (χ0n) is 75.9. The van der Waals surface area contributed by atoms with E-state index in [-0.39, 0.29) is 51.3 Å². The van der Waals surface area contributed by atoms with Crippen LogP contribution in [0.3, 0.4) is 0 Å². The molecule has 0 aromatic heterocycles. The van der Waals surface area contributed by atoms with Crippen molar-refractivity contribution < 1.29 is 22.4 Å². The third-order valence-corrected chi connectivity index (χ3v) is 22.3. The molecule has 0 saturated carbocycles. The molecule has 20 nitrogen and oxygen atoms in total. The quantitative estimate of drug-likeness (QED) is 0.0527. The third-order valence-electron chi connectivity index (χ3n) is 22.3. The first-order chi connectivity index (χ1) is 46.5. The van der Waals surface area contributed by atoms with Gasteiger partial charge in [0.2, 0.25) is 0 Å². The number of likely N-dealkylation sites (N-methyl/N-ethyl adjacent to an activating group) is 15. The molecule has 0 radical (unpaired) electrons. The molecule has 0 aromatic rings. The zero-order chi connectivity index (χ0) is 79.9. The van der Waals surface area contributed by atoms with Gasteiger partial charge in [0.1, 0.15) is 28.9 Å². The topological polar surface area (TPSA) is 168 Å². The Hall–Kier alpha value is -0.0597.